The Hall–Kier alpha value is -1.26. The summed E-state index contributed by atoms with van der Waals surface area (Å²) in [6.45, 7) is 10.1. The molecule has 1 saturated heterocycles. The van der Waals surface area contributed by atoms with Gasteiger partial charge < -0.3 is 10.5 Å². The summed E-state index contributed by atoms with van der Waals surface area (Å²) in [5, 5.41) is 0. The Morgan fingerprint density at radius 1 is 1.33 bits per heavy atom. The molecule has 104 valence electrons. The Balaban J connectivity index is 2.78. The number of carbonyl (C=O) groups is 2. The molecule has 0 spiro atoms. The van der Waals surface area contributed by atoms with Crippen molar-refractivity contribution in [1.82, 2.24) is 4.90 Å². The van der Waals surface area contributed by atoms with Crippen LogP contribution in [0, 0.1) is 11.8 Å². The number of nitrogens with two attached hydrogens (primary N) is 1. The molecule has 2 N–H and O–H groups in total. The molecule has 0 aliphatic carbocycles. The van der Waals surface area contributed by atoms with Gasteiger partial charge in [0.1, 0.15) is 11.6 Å². The summed E-state index contributed by atoms with van der Waals surface area (Å²) in [6, 6.07) is -0.535. The fraction of sp³-hybridized carbons (Fsp3) is 0.846. The van der Waals surface area contributed by atoms with Gasteiger partial charge in [-0.25, -0.2) is 4.79 Å². The number of primary amides is 1. The topological polar surface area (TPSA) is 72.6 Å². The van der Waals surface area contributed by atoms with Crippen LogP contribution in [0.5, 0.6) is 0 Å². The summed E-state index contributed by atoms with van der Waals surface area (Å²) in [4.78, 5) is 24.9. The molecule has 2 amide bonds. The van der Waals surface area contributed by atoms with Crippen LogP contribution in [-0.4, -0.2) is 35.1 Å². The van der Waals surface area contributed by atoms with Crippen molar-refractivity contribution in [3.8, 4) is 0 Å². The molecule has 5 heteroatoms. The van der Waals surface area contributed by atoms with Gasteiger partial charge in [0, 0.05) is 6.54 Å². The second-order valence-electron chi connectivity index (χ2n) is 6.29. The number of carbonyl (C=O) groups excluding carboxylic acids is 2. The van der Waals surface area contributed by atoms with Crippen LogP contribution in [0.15, 0.2) is 0 Å². The molecular formula is C13H24N2O3. The van der Waals surface area contributed by atoms with E-state index in [-0.39, 0.29) is 0 Å². The molecule has 1 aliphatic rings. The first-order chi connectivity index (χ1) is 8.11. The smallest absolute Gasteiger partial charge is 0.410 e. The highest BCUT2D eigenvalue weighted by atomic mass is 16.6. The van der Waals surface area contributed by atoms with Crippen LogP contribution in [-0.2, 0) is 9.53 Å². The number of hydrogen-bond donors (Lipinski definition) is 1. The predicted octanol–water partition coefficient (Wildman–Crippen LogP) is 1.75. The summed E-state index contributed by atoms with van der Waals surface area (Å²) < 4.78 is 5.31. The molecule has 5 nitrogen and oxygen atoms in total. The third kappa shape index (κ3) is 3.62. The number of ether oxygens (including phenoxy) is 1. The highest BCUT2D eigenvalue weighted by Crippen LogP contribution is 2.30. The normalized spacial score (nSPS) is 24.4. The molecule has 1 heterocycles. The Bertz CT molecular complexity index is 334. The quantitative estimate of drug-likeness (QED) is 0.818. The zero-order chi connectivity index (χ0) is 14.1. The van der Waals surface area contributed by atoms with Gasteiger partial charge in [-0.1, -0.05) is 13.8 Å². The Kier molecular flexibility index (Phi) is 4.24. The van der Waals surface area contributed by atoms with Crippen LogP contribution in [0.2, 0.25) is 0 Å². The van der Waals surface area contributed by atoms with Crippen molar-refractivity contribution in [1.29, 1.82) is 0 Å². The van der Waals surface area contributed by atoms with E-state index in [1.807, 2.05) is 0 Å². The largest absolute Gasteiger partial charge is 0.444 e. The summed E-state index contributed by atoms with van der Waals surface area (Å²) in [5.74, 6) is 0.262. The van der Waals surface area contributed by atoms with Crippen LogP contribution in [0.1, 0.15) is 41.0 Å². The van der Waals surface area contributed by atoms with E-state index in [1.54, 1.807) is 20.8 Å². The minimum Gasteiger partial charge on any atom is -0.444 e. The highest BCUT2D eigenvalue weighted by molar-refractivity contribution is 5.85. The fourth-order valence-electron chi connectivity index (χ4n) is 2.14. The average molecular weight is 256 g/mol. The van der Waals surface area contributed by atoms with E-state index in [0.717, 1.165) is 0 Å². The van der Waals surface area contributed by atoms with E-state index in [4.69, 9.17) is 10.5 Å². The molecule has 0 unspecified atom stereocenters. The molecule has 0 saturated carbocycles. The van der Waals surface area contributed by atoms with Gasteiger partial charge in [0.25, 0.3) is 0 Å². The fourth-order valence-corrected chi connectivity index (χ4v) is 2.14. The lowest BCUT2D eigenvalue weighted by Crippen LogP contribution is -2.45. The maximum atomic E-state index is 12.0. The van der Waals surface area contributed by atoms with Crippen molar-refractivity contribution < 1.29 is 14.3 Å². The molecule has 0 aromatic rings. The molecule has 2 atom stereocenters. The third-order valence-electron chi connectivity index (χ3n) is 3.23. The Labute approximate surface area is 109 Å². The molecule has 0 bridgehead atoms. The summed E-state index contributed by atoms with van der Waals surface area (Å²) in [5.41, 5.74) is 4.80. The molecular weight excluding hydrogens is 232 g/mol. The maximum absolute atomic E-state index is 12.0. The lowest BCUT2D eigenvalue weighted by Gasteiger charge is -2.27. The van der Waals surface area contributed by atoms with Crippen molar-refractivity contribution in [2.45, 2.75) is 52.7 Å². The van der Waals surface area contributed by atoms with Crippen molar-refractivity contribution >= 4 is 12.0 Å². The molecule has 1 aliphatic heterocycles. The van der Waals surface area contributed by atoms with Gasteiger partial charge in [-0.15, -0.1) is 0 Å². The second-order valence-corrected chi connectivity index (χ2v) is 6.29. The summed E-state index contributed by atoms with van der Waals surface area (Å²) in [7, 11) is 0. The minimum absolute atomic E-state index is 0.301. The number of hydrogen-bond acceptors (Lipinski definition) is 3. The van der Waals surface area contributed by atoms with Crippen LogP contribution in [0.25, 0.3) is 0 Å². The number of amides is 2. The first kappa shape index (κ1) is 14.8. The van der Waals surface area contributed by atoms with E-state index in [9.17, 15) is 9.59 Å². The predicted molar refractivity (Wildman–Crippen MR) is 68.9 cm³/mol. The maximum Gasteiger partial charge on any atom is 0.410 e. The lowest BCUT2D eigenvalue weighted by molar-refractivity contribution is -0.122. The zero-order valence-electron chi connectivity index (χ0n) is 11.9. The van der Waals surface area contributed by atoms with Crippen LogP contribution in [0.3, 0.4) is 0 Å². The summed E-state index contributed by atoms with van der Waals surface area (Å²) in [6.07, 6.45) is 0.182. The molecule has 1 fully saturated rings. The van der Waals surface area contributed by atoms with Gasteiger partial charge in [-0.2, -0.15) is 0 Å². The molecule has 0 radical (unpaired) electrons. The van der Waals surface area contributed by atoms with Gasteiger partial charge in [0.15, 0.2) is 0 Å². The van der Waals surface area contributed by atoms with Crippen molar-refractivity contribution in [3.63, 3.8) is 0 Å². The van der Waals surface area contributed by atoms with Crippen LogP contribution in [0.4, 0.5) is 4.79 Å². The first-order valence-corrected chi connectivity index (χ1v) is 6.40. The van der Waals surface area contributed by atoms with E-state index in [1.165, 1.54) is 4.90 Å². The van der Waals surface area contributed by atoms with Crippen molar-refractivity contribution in [2.75, 3.05) is 6.54 Å². The molecule has 0 aromatic carbocycles. The number of rotatable bonds is 2. The van der Waals surface area contributed by atoms with Gasteiger partial charge in [-0.3, -0.25) is 9.69 Å². The molecule has 0 aromatic heterocycles. The van der Waals surface area contributed by atoms with E-state index in [2.05, 4.69) is 13.8 Å². The number of nitrogens with zero attached hydrogens (tertiary/aromatic N) is 1. The minimum atomic E-state index is -0.560. The van der Waals surface area contributed by atoms with Crippen molar-refractivity contribution in [3.05, 3.63) is 0 Å². The standard InChI is InChI=1S/C13H24N2O3/c1-8(2)9-6-10(11(14)16)15(7-9)12(17)18-13(3,4)5/h8-10H,6-7H2,1-5H3,(H2,14,16)/t9-,10-/m0/s1. The van der Waals surface area contributed by atoms with Gasteiger partial charge >= 0.3 is 6.09 Å². The van der Waals surface area contributed by atoms with Gasteiger partial charge in [-0.05, 0) is 39.0 Å². The first-order valence-electron chi connectivity index (χ1n) is 6.40. The molecule has 1 rings (SSSR count). The SMILES string of the molecule is CC(C)[C@H]1C[C@@H](C(N)=O)N(C(=O)OC(C)(C)C)C1. The summed E-state index contributed by atoms with van der Waals surface area (Å²) >= 11 is 0. The third-order valence-corrected chi connectivity index (χ3v) is 3.23. The average Bonchev–Trinajstić information content (AvgIpc) is 2.58. The second kappa shape index (κ2) is 5.16. The van der Waals surface area contributed by atoms with E-state index in [0.29, 0.717) is 24.8 Å². The van der Waals surface area contributed by atoms with Crippen molar-refractivity contribution in [2.24, 2.45) is 17.6 Å². The lowest BCUT2D eigenvalue weighted by atomic mass is 9.93. The van der Waals surface area contributed by atoms with Gasteiger partial charge in [0.05, 0.1) is 0 Å². The van der Waals surface area contributed by atoms with Crippen LogP contribution >= 0.6 is 0 Å². The van der Waals surface area contributed by atoms with E-state index < -0.39 is 23.6 Å². The van der Waals surface area contributed by atoms with Gasteiger partial charge in [0.2, 0.25) is 5.91 Å². The number of likely N-dealkylation sites (tertiary alicyclic amines) is 1. The monoisotopic (exact) mass is 256 g/mol. The Morgan fingerprint density at radius 3 is 2.28 bits per heavy atom. The van der Waals surface area contributed by atoms with Crippen LogP contribution < -0.4 is 5.73 Å². The Morgan fingerprint density at radius 2 is 1.89 bits per heavy atom. The van der Waals surface area contributed by atoms with E-state index >= 15 is 0 Å². The zero-order valence-corrected chi connectivity index (χ0v) is 11.9. The molecule has 18 heavy (non-hydrogen) atoms. The highest BCUT2D eigenvalue weighted by Gasteiger charge is 2.41.